The monoisotopic (exact) mass is 655 g/mol. The first-order valence-corrected chi connectivity index (χ1v) is 16.8. The van der Waals surface area contributed by atoms with Crippen molar-refractivity contribution in [3.8, 4) is 5.75 Å². The van der Waals surface area contributed by atoms with Gasteiger partial charge in [-0.15, -0.1) is 0 Å². The van der Waals surface area contributed by atoms with Gasteiger partial charge in [-0.05, 0) is 63.4 Å². The minimum Gasteiger partial charge on any atom is -0.477 e. The molecule has 0 unspecified atom stereocenters. The summed E-state index contributed by atoms with van der Waals surface area (Å²) < 4.78 is 29.1. The number of aliphatic hydroxyl groups excluding tert-OH is 1. The highest BCUT2D eigenvalue weighted by molar-refractivity contribution is 5.94. The fourth-order valence-corrected chi connectivity index (χ4v) is 6.21. The third-order valence-electron chi connectivity index (χ3n) is 8.90. The minimum atomic E-state index is -1.43. The van der Waals surface area contributed by atoms with Crippen LogP contribution in [-0.2, 0) is 20.6 Å². The van der Waals surface area contributed by atoms with Gasteiger partial charge in [0.2, 0.25) is 6.29 Å². The zero-order chi connectivity index (χ0) is 34.1. The normalized spacial score (nSPS) is 21.2. The smallest absolute Gasteiger partial charge is 0.355 e. The van der Waals surface area contributed by atoms with Gasteiger partial charge in [-0.2, -0.15) is 0 Å². The number of aromatic carboxylic acids is 1. The molecule has 11 heteroatoms. The molecule has 47 heavy (non-hydrogen) atoms. The van der Waals surface area contributed by atoms with Crippen molar-refractivity contribution in [3.05, 3.63) is 62.8 Å². The molecule has 1 aliphatic rings. The van der Waals surface area contributed by atoms with Gasteiger partial charge in [0.1, 0.15) is 28.7 Å². The Labute approximate surface area is 275 Å². The van der Waals surface area contributed by atoms with Gasteiger partial charge in [-0.1, -0.05) is 64.7 Å². The minimum absolute atomic E-state index is 0.206. The molecule has 0 radical (unpaired) electrons. The molecule has 0 amide bonds. The highest BCUT2D eigenvalue weighted by atomic mass is 16.7. The first kappa shape index (κ1) is 36.2. The lowest BCUT2D eigenvalue weighted by Gasteiger charge is -2.42. The Morgan fingerprint density at radius 2 is 1.62 bits per heavy atom. The molecular weight excluding hydrogens is 606 g/mol. The Balaban J connectivity index is 1.54. The molecule has 3 aromatic rings. The zero-order valence-corrected chi connectivity index (χ0v) is 28.1. The standard InChI is InChI=1S/C36H49NO10/c1-6-7-8-9-10-11-12-13-14-15-16-24-19-28(22(3)30-25(24)20-26(33(39)40)34(41)46-30)45-36-29(38)32(31(43-5)23(4)44-36)47-35(42)27-18-17-21(2)37-27/h17-20,23,29,31-32,36-38H,6-16H2,1-5H3,(H,39,40)/t23-,29+,31-,32-,36-/m0/s1. The van der Waals surface area contributed by atoms with Crippen LogP contribution >= 0.6 is 0 Å². The van der Waals surface area contributed by atoms with E-state index in [1.165, 1.54) is 58.1 Å². The number of carboxylic acid groups (broad SMARTS) is 1. The second kappa shape index (κ2) is 16.9. The Kier molecular flexibility index (Phi) is 13.0. The maximum Gasteiger partial charge on any atom is 0.355 e. The zero-order valence-electron chi connectivity index (χ0n) is 28.1. The van der Waals surface area contributed by atoms with Gasteiger partial charge >= 0.3 is 17.6 Å². The number of carbonyl (C=O) groups is 2. The molecule has 0 aliphatic carbocycles. The summed E-state index contributed by atoms with van der Waals surface area (Å²) >= 11 is 0. The van der Waals surface area contributed by atoms with Crippen LogP contribution in [0.3, 0.4) is 0 Å². The lowest BCUT2D eigenvalue weighted by molar-refractivity contribution is -0.272. The molecule has 3 heterocycles. The molecule has 0 bridgehead atoms. The van der Waals surface area contributed by atoms with E-state index in [0.717, 1.165) is 30.5 Å². The molecule has 4 rings (SSSR count). The molecule has 0 spiro atoms. The van der Waals surface area contributed by atoms with Crippen LogP contribution in [0.1, 0.15) is 116 Å². The first-order chi connectivity index (χ1) is 22.5. The molecule has 1 fully saturated rings. The predicted molar refractivity (Wildman–Crippen MR) is 176 cm³/mol. The maximum absolute atomic E-state index is 12.9. The summed E-state index contributed by atoms with van der Waals surface area (Å²) in [6.45, 7) is 7.44. The number of carbonyl (C=O) groups excluding carboxylic acids is 1. The van der Waals surface area contributed by atoms with E-state index in [0.29, 0.717) is 23.1 Å². The summed E-state index contributed by atoms with van der Waals surface area (Å²) in [6, 6.07) is 6.48. The topological polar surface area (TPSA) is 158 Å². The third-order valence-corrected chi connectivity index (χ3v) is 8.90. The molecule has 3 N–H and O–H groups in total. The van der Waals surface area contributed by atoms with E-state index in [2.05, 4.69) is 11.9 Å². The van der Waals surface area contributed by atoms with E-state index in [1.807, 2.05) is 6.92 Å². The van der Waals surface area contributed by atoms with E-state index in [1.54, 1.807) is 32.0 Å². The number of fused-ring (bicyclic) bond motifs is 1. The third kappa shape index (κ3) is 9.03. The van der Waals surface area contributed by atoms with Crippen LogP contribution in [-0.4, -0.2) is 65.0 Å². The van der Waals surface area contributed by atoms with Crippen molar-refractivity contribution in [1.82, 2.24) is 4.98 Å². The van der Waals surface area contributed by atoms with Crippen LogP contribution in [0.15, 0.2) is 33.5 Å². The Hall–Kier alpha value is -3.67. The molecule has 1 aromatic carbocycles. The van der Waals surface area contributed by atoms with Gasteiger partial charge in [0.15, 0.2) is 12.2 Å². The van der Waals surface area contributed by atoms with Crippen molar-refractivity contribution in [2.45, 2.75) is 129 Å². The van der Waals surface area contributed by atoms with Crippen molar-refractivity contribution in [3.63, 3.8) is 0 Å². The number of H-pyrrole nitrogens is 1. The summed E-state index contributed by atoms with van der Waals surface area (Å²) in [5.74, 6) is -1.73. The molecular formula is C36H49NO10. The van der Waals surface area contributed by atoms with Crippen LogP contribution in [0.5, 0.6) is 5.75 Å². The largest absolute Gasteiger partial charge is 0.477 e. The number of unbranched alkanes of at least 4 members (excludes halogenated alkanes) is 9. The molecule has 2 aromatic heterocycles. The lowest BCUT2D eigenvalue weighted by atomic mass is 9.97. The fraction of sp³-hybridized carbons (Fsp3) is 0.583. The fourth-order valence-electron chi connectivity index (χ4n) is 6.21. The summed E-state index contributed by atoms with van der Waals surface area (Å²) in [6.07, 6.45) is 7.08. The highest BCUT2D eigenvalue weighted by Crippen LogP contribution is 2.35. The SMILES string of the molecule is CCCCCCCCCCCCc1cc(O[C@@H]2O[C@@H](C)[C@H](OC)[C@@H](OC(=O)c3ccc(C)[nH]3)[C@H]2O)c(C)c2oc(=O)c(C(=O)O)cc12. The van der Waals surface area contributed by atoms with Crippen molar-refractivity contribution in [2.75, 3.05) is 7.11 Å². The molecule has 1 aliphatic heterocycles. The number of ether oxygens (including phenoxy) is 4. The van der Waals surface area contributed by atoms with E-state index in [9.17, 15) is 24.6 Å². The molecule has 0 saturated carbocycles. The number of aromatic amines is 1. The first-order valence-electron chi connectivity index (χ1n) is 16.8. The second-order valence-corrected chi connectivity index (χ2v) is 12.5. The number of aryl methyl sites for hydroxylation is 3. The Morgan fingerprint density at radius 1 is 0.957 bits per heavy atom. The van der Waals surface area contributed by atoms with Gasteiger partial charge in [-0.25, -0.2) is 14.4 Å². The van der Waals surface area contributed by atoms with Crippen LogP contribution < -0.4 is 10.4 Å². The number of rotatable bonds is 17. The number of esters is 1. The predicted octanol–water partition coefficient (Wildman–Crippen LogP) is 6.62. The summed E-state index contributed by atoms with van der Waals surface area (Å²) in [5, 5.41) is 21.5. The summed E-state index contributed by atoms with van der Waals surface area (Å²) in [7, 11) is 1.44. The highest BCUT2D eigenvalue weighted by Gasteiger charge is 2.48. The number of methoxy groups -OCH3 is 1. The molecule has 1 saturated heterocycles. The molecule has 258 valence electrons. The van der Waals surface area contributed by atoms with Crippen LogP contribution in [0.4, 0.5) is 0 Å². The Morgan fingerprint density at radius 3 is 2.21 bits per heavy atom. The maximum atomic E-state index is 12.9. The Bertz CT molecular complexity index is 1560. The summed E-state index contributed by atoms with van der Waals surface area (Å²) in [5.41, 5.74) is 1.01. The molecule has 5 atom stereocenters. The van der Waals surface area contributed by atoms with E-state index < -0.39 is 53.8 Å². The number of nitrogens with one attached hydrogen (secondary N) is 1. The average molecular weight is 656 g/mol. The number of aliphatic hydroxyl groups is 1. The molecule has 11 nitrogen and oxygen atoms in total. The van der Waals surface area contributed by atoms with Crippen LogP contribution in [0, 0.1) is 13.8 Å². The van der Waals surface area contributed by atoms with Crippen molar-refractivity contribution in [2.24, 2.45) is 0 Å². The number of benzene rings is 1. The van der Waals surface area contributed by atoms with E-state index in [-0.39, 0.29) is 11.3 Å². The van der Waals surface area contributed by atoms with Gasteiger partial charge in [0.05, 0.1) is 6.10 Å². The number of hydrogen-bond donors (Lipinski definition) is 3. The number of hydrogen-bond acceptors (Lipinski definition) is 9. The van der Waals surface area contributed by atoms with Crippen molar-refractivity contribution >= 4 is 22.9 Å². The quantitative estimate of drug-likeness (QED) is 0.0819. The van der Waals surface area contributed by atoms with E-state index >= 15 is 0 Å². The van der Waals surface area contributed by atoms with Crippen molar-refractivity contribution in [1.29, 1.82) is 0 Å². The lowest BCUT2D eigenvalue weighted by Crippen LogP contribution is -2.60. The van der Waals surface area contributed by atoms with E-state index in [4.69, 9.17) is 23.4 Å². The van der Waals surface area contributed by atoms with Gasteiger partial charge in [0.25, 0.3) is 0 Å². The van der Waals surface area contributed by atoms with Gasteiger partial charge < -0.3 is 38.6 Å². The average Bonchev–Trinajstić information content (AvgIpc) is 3.48. The number of carboxylic acids is 1. The van der Waals surface area contributed by atoms with Gasteiger partial charge in [-0.3, -0.25) is 0 Å². The van der Waals surface area contributed by atoms with Crippen LogP contribution in [0.2, 0.25) is 0 Å². The van der Waals surface area contributed by atoms with Gasteiger partial charge in [0, 0.05) is 23.8 Å². The second-order valence-electron chi connectivity index (χ2n) is 12.5. The number of aromatic nitrogens is 1. The van der Waals surface area contributed by atoms with Crippen LogP contribution in [0.25, 0.3) is 11.0 Å². The summed E-state index contributed by atoms with van der Waals surface area (Å²) in [4.78, 5) is 40.2. The van der Waals surface area contributed by atoms with Crippen molar-refractivity contribution < 1.29 is 43.2 Å².